The largest absolute Gasteiger partial charge is 0.351 e. The standard InChI is InChI=1S/C17H26FN3O3S/c1-4-16(17(22)19-14-9-11-20(2)12-10-14)21(25(3,23)24)15-7-5-13(18)6-8-15/h5-8,14,16H,4,9-12H2,1-3H3,(H,19,22)/t16-/m0/s1. The molecule has 2 rings (SSSR count). The highest BCUT2D eigenvalue weighted by atomic mass is 32.2. The topological polar surface area (TPSA) is 69.7 Å². The van der Waals surface area contributed by atoms with E-state index in [1.54, 1.807) is 6.92 Å². The van der Waals surface area contributed by atoms with E-state index < -0.39 is 21.9 Å². The summed E-state index contributed by atoms with van der Waals surface area (Å²) in [5, 5.41) is 2.98. The molecule has 1 N–H and O–H groups in total. The highest BCUT2D eigenvalue weighted by Crippen LogP contribution is 2.23. The first-order valence-corrected chi connectivity index (χ1v) is 10.3. The second kappa shape index (κ2) is 8.14. The fraction of sp³-hybridized carbons (Fsp3) is 0.588. The molecule has 8 heteroatoms. The molecule has 1 aromatic rings. The summed E-state index contributed by atoms with van der Waals surface area (Å²) >= 11 is 0. The Kier molecular flexibility index (Phi) is 6.40. The zero-order valence-corrected chi connectivity index (χ0v) is 15.7. The zero-order valence-electron chi connectivity index (χ0n) is 14.9. The molecule has 140 valence electrons. The maximum absolute atomic E-state index is 13.2. The van der Waals surface area contributed by atoms with E-state index >= 15 is 0 Å². The van der Waals surface area contributed by atoms with Crippen molar-refractivity contribution in [1.29, 1.82) is 0 Å². The predicted octanol–water partition coefficient (Wildman–Crippen LogP) is 1.58. The lowest BCUT2D eigenvalue weighted by molar-refractivity contribution is -0.123. The van der Waals surface area contributed by atoms with E-state index in [4.69, 9.17) is 0 Å². The molecule has 25 heavy (non-hydrogen) atoms. The molecule has 1 atom stereocenters. The van der Waals surface area contributed by atoms with E-state index in [1.165, 1.54) is 24.3 Å². The molecular weight excluding hydrogens is 345 g/mol. The van der Waals surface area contributed by atoms with Gasteiger partial charge in [0.05, 0.1) is 11.9 Å². The molecule has 1 heterocycles. The number of nitrogens with zero attached hydrogens (tertiary/aromatic N) is 2. The number of sulfonamides is 1. The van der Waals surface area contributed by atoms with Crippen LogP contribution < -0.4 is 9.62 Å². The van der Waals surface area contributed by atoms with Crippen molar-refractivity contribution in [2.45, 2.75) is 38.3 Å². The smallest absolute Gasteiger partial charge is 0.244 e. The number of hydrogen-bond donors (Lipinski definition) is 1. The molecule has 1 aromatic carbocycles. The third kappa shape index (κ3) is 5.15. The minimum absolute atomic E-state index is 0.0485. The Balaban J connectivity index is 2.21. The number of likely N-dealkylation sites (tertiary alicyclic amines) is 1. The summed E-state index contributed by atoms with van der Waals surface area (Å²) in [5.41, 5.74) is 0.286. The Morgan fingerprint density at radius 3 is 2.36 bits per heavy atom. The Bertz CT molecular complexity index is 686. The van der Waals surface area contributed by atoms with Gasteiger partial charge in [-0.2, -0.15) is 0 Å². The number of anilines is 1. The summed E-state index contributed by atoms with van der Waals surface area (Å²) in [6.07, 6.45) is 3.06. The molecule has 1 aliphatic rings. The Hall–Kier alpha value is -1.67. The number of piperidine rings is 1. The van der Waals surface area contributed by atoms with E-state index in [9.17, 15) is 17.6 Å². The molecular formula is C17H26FN3O3S. The highest BCUT2D eigenvalue weighted by Gasteiger charge is 2.32. The second-order valence-electron chi connectivity index (χ2n) is 6.55. The molecule has 0 saturated carbocycles. The van der Waals surface area contributed by atoms with Crippen molar-refractivity contribution in [2.75, 3.05) is 30.7 Å². The fourth-order valence-electron chi connectivity index (χ4n) is 3.10. The van der Waals surface area contributed by atoms with Crippen LogP contribution in [-0.2, 0) is 14.8 Å². The summed E-state index contributed by atoms with van der Waals surface area (Å²) in [5.74, 6) is -0.771. The molecule has 0 spiro atoms. The summed E-state index contributed by atoms with van der Waals surface area (Å²) in [6, 6.07) is 4.32. The van der Waals surface area contributed by atoms with Gasteiger partial charge in [0.2, 0.25) is 15.9 Å². The molecule has 0 aliphatic carbocycles. The van der Waals surface area contributed by atoms with Crippen LogP contribution in [0.3, 0.4) is 0 Å². The molecule has 1 saturated heterocycles. The Morgan fingerprint density at radius 1 is 1.32 bits per heavy atom. The van der Waals surface area contributed by atoms with Gasteiger partial charge in [-0.05, 0) is 63.7 Å². The first-order chi connectivity index (χ1) is 11.7. The van der Waals surface area contributed by atoms with Crippen molar-refractivity contribution < 1.29 is 17.6 Å². The van der Waals surface area contributed by atoms with Gasteiger partial charge in [0.25, 0.3) is 0 Å². The number of rotatable bonds is 6. The van der Waals surface area contributed by atoms with Gasteiger partial charge in [-0.1, -0.05) is 6.92 Å². The van der Waals surface area contributed by atoms with E-state index in [-0.39, 0.29) is 17.6 Å². The average Bonchev–Trinajstić information content (AvgIpc) is 2.54. The maximum Gasteiger partial charge on any atom is 0.244 e. The van der Waals surface area contributed by atoms with Crippen LogP contribution in [0.1, 0.15) is 26.2 Å². The van der Waals surface area contributed by atoms with Crippen molar-refractivity contribution in [3.05, 3.63) is 30.1 Å². The third-order valence-electron chi connectivity index (χ3n) is 4.48. The first kappa shape index (κ1) is 19.7. The molecule has 0 radical (unpaired) electrons. The van der Waals surface area contributed by atoms with Crippen LogP contribution in [0, 0.1) is 5.82 Å². The van der Waals surface area contributed by atoms with Crippen molar-refractivity contribution in [3.63, 3.8) is 0 Å². The molecule has 0 unspecified atom stereocenters. The van der Waals surface area contributed by atoms with Gasteiger partial charge >= 0.3 is 0 Å². The summed E-state index contributed by atoms with van der Waals surface area (Å²) in [7, 11) is -1.66. The van der Waals surface area contributed by atoms with Crippen LogP contribution in [0.25, 0.3) is 0 Å². The lowest BCUT2D eigenvalue weighted by Gasteiger charge is -2.34. The van der Waals surface area contributed by atoms with Gasteiger partial charge in [-0.25, -0.2) is 12.8 Å². The monoisotopic (exact) mass is 371 g/mol. The molecule has 0 bridgehead atoms. The SMILES string of the molecule is CC[C@@H](C(=O)NC1CCN(C)CC1)N(c1ccc(F)cc1)S(C)(=O)=O. The van der Waals surface area contributed by atoms with Crippen molar-refractivity contribution in [2.24, 2.45) is 0 Å². The molecule has 1 aliphatic heterocycles. The Labute approximate surface area is 149 Å². The van der Waals surface area contributed by atoms with E-state index in [0.29, 0.717) is 6.42 Å². The number of nitrogens with one attached hydrogen (secondary N) is 1. The summed E-state index contributed by atoms with van der Waals surface area (Å²) in [6.45, 7) is 3.56. The number of benzene rings is 1. The van der Waals surface area contributed by atoms with Crippen molar-refractivity contribution >= 4 is 21.6 Å². The van der Waals surface area contributed by atoms with Crippen LogP contribution in [0.5, 0.6) is 0 Å². The minimum Gasteiger partial charge on any atom is -0.351 e. The predicted molar refractivity (Wildman–Crippen MR) is 96.5 cm³/mol. The van der Waals surface area contributed by atoms with E-state index in [1.807, 2.05) is 7.05 Å². The molecule has 0 aromatic heterocycles. The van der Waals surface area contributed by atoms with Crippen molar-refractivity contribution in [1.82, 2.24) is 10.2 Å². The van der Waals surface area contributed by atoms with Crippen LogP contribution in [0.4, 0.5) is 10.1 Å². The number of carbonyl (C=O) groups excluding carboxylic acids is 1. The van der Waals surface area contributed by atoms with Gasteiger partial charge in [0.15, 0.2) is 0 Å². The molecule has 1 amide bonds. The minimum atomic E-state index is -3.69. The second-order valence-corrected chi connectivity index (χ2v) is 8.40. The van der Waals surface area contributed by atoms with Crippen LogP contribution in [-0.4, -0.2) is 57.7 Å². The maximum atomic E-state index is 13.2. The lowest BCUT2D eigenvalue weighted by Crippen LogP contribution is -2.53. The third-order valence-corrected chi connectivity index (χ3v) is 5.66. The number of hydrogen-bond acceptors (Lipinski definition) is 4. The molecule has 6 nitrogen and oxygen atoms in total. The number of halogens is 1. The van der Waals surface area contributed by atoms with Gasteiger partial charge in [0, 0.05) is 6.04 Å². The summed E-state index contributed by atoms with van der Waals surface area (Å²) in [4.78, 5) is 14.9. The summed E-state index contributed by atoms with van der Waals surface area (Å²) < 4.78 is 38.9. The highest BCUT2D eigenvalue weighted by molar-refractivity contribution is 7.92. The van der Waals surface area contributed by atoms with E-state index in [2.05, 4.69) is 10.2 Å². The lowest BCUT2D eigenvalue weighted by atomic mass is 10.0. The van der Waals surface area contributed by atoms with Crippen LogP contribution >= 0.6 is 0 Å². The zero-order chi connectivity index (χ0) is 18.6. The molecule has 1 fully saturated rings. The Morgan fingerprint density at radius 2 is 1.88 bits per heavy atom. The van der Waals surface area contributed by atoms with E-state index in [0.717, 1.165) is 36.5 Å². The van der Waals surface area contributed by atoms with Crippen molar-refractivity contribution in [3.8, 4) is 0 Å². The van der Waals surface area contributed by atoms with Gasteiger partial charge in [-0.3, -0.25) is 9.10 Å². The number of carbonyl (C=O) groups is 1. The first-order valence-electron chi connectivity index (χ1n) is 8.46. The van der Waals surface area contributed by atoms with Gasteiger partial charge in [0.1, 0.15) is 11.9 Å². The normalized spacial score (nSPS) is 17.9. The quantitative estimate of drug-likeness (QED) is 0.824. The number of amides is 1. The van der Waals surface area contributed by atoms with Crippen LogP contribution in [0.2, 0.25) is 0 Å². The average molecular weight is 371 g/mol. The van der Waals surface area contributed by atoms with Gasteiger partial charge in [-0.15, -0.1) is 0 Å². The fourth-order valence-corrected chi connectivity index (χ4v) is 4.31. The van der Waals surface area contributed by atoms with Gasteiger partial charge < -0.3 is 10.2 Å². The van der Waals surface area contributed by atoms with Crippen LogP contribution in [0.15, 0.2) is 24.3 Å².